The van der Waals surface area contributed by atoms with E-state index in [1.165, 1.54) is 13.2 Å². The molecule has 2 amide bonds. The highest BCUT2D eigenvalue weighted by Crippen LogP contribution is 2.51. The third-order valence-electron chi connectivity index (χ3n) is 7.22. The molecule has 1 aromatic rings. The molecule has 208 valence electrons. The Bertz CT molecular complexity index is 1050. The van der Waals surface area contributed by atoms with Crippen LogP contribution < -0.4 is 14.8 Å². The van der Waals surface area contributed by atoms with Crippen LogP contribution in [0, 0.1) is 5.92 Å². The normalized spacial score (nSPS) is 25.6. The number of fused-ring (bicyclic) bond motifs is 3. The summed E-state index contributed by atoms with van der Waals surface area (Å²) in [6.07, 6.45) is 1.33. The third kappa shape index (κ3) is 5.56. The average Bonchev–Trinajstić information content (AvgIpc) is 3.61. The molecule has 0 aromatic heterocycles. The van der Waals surface area contributed by atoms with Gasteiger partial charge in [-0.25, -0.2) is 0 Å². The molecule has 4 rings (SSSR count). The standard InChI is InChI=1S/C27H36N2O9/c1-3-36-9-4-7-29(27(34)17-5-10-37-15-17)20-13-19(26(33)28-6-8-30)22-18-11-16(14-31)12-21(35-2)24(18)38-25(22)23(20)32/h11-14,17,20,22-23,25,30,32H,3-10,15H2,1-2H3,(H,28,33). The summed E-state index contributed by atoms with van der Waals surface area (Å²) in [4.78, 5) is 40.2. The zero-order chi connectivity index (χ0) is 27.2. The van der Waals surface area contributed by atoms with Gasteiger partial charge in [0.2, 0.25) is 11.8 Å². The van der Waals surface area contributed by atoms with Gasteiger partial charge in [-0.3, -0.25) is 14.4 Å². The van der Waals surface area contributed by atoms with E-state index in [2.05, 4.69) is 5.32 Å². The number of aliphatic hydroxyl groups is 2. The molecule has 3 aliphatic rings. The molecule has 0 bridgehead atoms. The Kier molecular flexibility index (Phi) is 9.37. The highest BCUT2D eigenvalue weighted by Gasteiger charge is 2.51. The van der Waals surface area contributed by atoms with E-state index < -0.39 is 30.1 Å². The minimum atomic E-state index is -1.18. The Balaban J connectivity index is 1.75. The van der Waals surface area contributed by atoms with Gasteiger partial charge in [0.05, 0.1) is 38.2 Å². The summed E-state index contributed by atoms with van der Waals surface area (Å²) in [7, 11) is 1.45. The molecule has 1 fully saturated rings. The van der Waals surface area contributed by atoms with Crippen molar-refractivity contribution in [3.63, 3.8) is 0 Å². The highest BCUT2D eigenvalue weighted by atomic mass is 16.5. The number of methoxy groups -OCH3 is 1. The number of aliphatic hydroxyl groups excluding tert-OH is 2. The van der Waals surface area contributed by atoms with Crippen LogP contribution in [0.25, 0.3) is 0 Å². The Morgan fingerprint density at radius 2 is 2.13 bits per heavy atom. The largest absolute Gasteiger partial charge is 0.493 e. The number of nitrogens with zero attached hydrogens (tertiary/aromatic N) is 1. The number of amides is 2. The number of nitrogens with one attached hydrogen (secondary N) is 1. The highest BCUT2D eigenvalue weighted by molar-refractivity contribution is 5.96. The number of carbonyl (C=O) groups is 3. The van der Waals surface area contributed by atoms with Crippen LogP contribution in [-0.2, 0) is 19.1 Å². The molecule has 1 aromatic carbocycles. The second kappa shape index (κ2) is 12.7. The quantitative estimate of drug-likeness (QED) is 0.258. The van der Waals surface area contributed by atoms with Crippen molar-refractivity contribution in [2.45, 2.75) is 43.9 Å². The van der Waals surface area contributed by atoms with Gasteiger partial charge in [-0.1, -0.05) is 0 Å². The topological polar surface area (TPSA) is 144 Å². The lowest BCUT2D eigenvalue weighted by Crippen LogP contribution is -2.57. The van der Waals surface area contributed by atoms with Crippen molar-refractivity contribution in [3.05, 3.63) is 34.9 Å². The zero-order valence-electron chi connectivity index (χ0n) is 21.8. The Labute approximate surface area is 221 Å². The summed E-state index contributed by atoms with van der Waals surface area (Å²) < 4.78 is 22.6. The number of hydrogen-bond acceptors (Lipinski definition) is 9. The maximum absolute atomic E-state index is 13.6. The summed E-state index contributed by atoms with van der Waals surface area (Å²) in [5, 5.41) is 23.6. The predicted molar refractivity (Wildman–Crippen MR) is 135 cm³/mol. The molecular weight excluding hydrogens is 496 g/mol. The lowest BCUT2D eigenvalue weighted by atomic mass is 9.77. The van der Waals surface area contributed by atoms with Crippen LogP contribution in [0.15, 0.2) is 23.8 Å². The van der Waals surface area contributed by atoms with Gasteiger partial charge in [0.25, 0.3) is 0 Å². The van der Waals surface area contributed by atoms with Crippen molar-refractivity contribution in [3.8, 4) is 11.5 Å². The molecule has 2 aliphatic heterocycles. The van der Waals surface area contributed by atoms with Crippen molar-refractivity contribution in [1.82, 2.24) is 10.2 Å². The minimum Gasteiger partial charge on any atom is -0.493 e. The van der Waals surface area contributed by atoms with Crippen molar-refractivity contribution in [2.75, 3.05) is 53.2 Å². The van der Waals surface area contributed by atoms with E-state index in [4.69, 9.17) is 18.9 Å². The van der Waals surface area contributed by atoms with Gasteiger partial charge in [0.15, 0.2) is 11.5 Å². The smallest absolute Gasteiger partial charge is 0.247 e. The zero-order valence-corrected chi connectivity index (χ0v) is 21.8. The SMILES string of the molecule is CCOCCCN(C(=O)C1CCOC1)C1C=C(C(=O)NCCO)C2c3cc(C=O)cc(OC)c3OC2C1O. The van der Waals surface area contributed by atoms with Crippen molar-refractivity contribution in [1.29, 1.82) is 0 Å². The second-order valence-electron chi connectivity index (χ2n) is 9.54. The summed E-state index contributed by atoms with van der Waals surface area (Å²) in [5.74, 6) is -1.02. The minimum absolute atomic E-state index is 0.0304. The van der Waals surface area contributed by atoms with Crippen LogP contribution in [0.3, 0.4) is 0 Å². The lowest BCUT2D eigenvalue weighted by molar-refractivity contribution is -0.141. The van der Waals surface area contributed by atoms with Crippen LogP contribution in [-0.4, -0.2) is 105 Å². The Hall–Kier alpha value is -2.99. The maximum Gasteiger partial charge on any atom is 0.247 e. The fourth-order valence-corrected chi connectivity index (χ4v) is 5.41. The third-order valence-corrected chi connectivity index (χ3v) is 7.22. The van der Waals surface area contributed by atoms with Crippen molar-refractivity contribution < 1.29 is 43.5 Å². The number of aldehydes is 1. The molecule has 1 saturated heterocycles. The van der Waals surface area contributed by atoms with E-state index in [9.17, 15) is 24.6 Å². The Morgan fingerprint density at radius 3 is 2.79 bits per heavy atom. The van der Waals surface area contributed by atoms with Crippen LogP contribution in [0.4, 0.5) is 0 Å². The number of carbonyl (C=O) groups excluding carboxylic acids is 3. The lowest BCUT2D eigenvalue weighted by Gasteiger charge is -2.41. The first-order chi connectivity index (χ1) is 18.4. The van der Waals surface area contributed by atoms with Gasteiger partial charge in [-0.2, -0.15) is 0 Å². The summed E-state index contributed by atoms with van der Waals surface area (Å²) in [6.45, 7) is 3.76. The second-order valence-corrected chi connectivity index (χ2v) is 9.54. The Morgan fingerprint density at radius 1 is 1.32 bits per heavy atom. The fraction of sp³-hybridized carbons (Fsp3) is 0.593. The first-order valence-electron chi connectivity index (χ1n) is 13.0. The first kappa shape index (κ1) is 28.0. The molecule has 5 atom stereocenters. The first-order valence-corrected chi connectivity index (χ1v) is 13.0. The van der Waals surface area contributed by atoms with Gasteiger partial charge >= 0.3 is 0 Å². The molecule has 2 heterocycles. The molecule has 5 unspecified atom stereocenters. The number of hydrogen-bond donors (Lipinski definition) is 3. The van der Waals surface area contributed by atoms with Crippen LogP contribution in [0.5, 0.6) is 11.5 Å². The summed E-state index contributed by atoms with van der Waals surface area (Å²) >= 11 is 0. The molecule has 11 nitrogen and oxygen atoms in total. The van der Waals surface area contributed by atoms with Crippen LogP contribution >= 0.6 is 0 Å². The number of rotatable bonds is 12. The molecule has 38 heavy (non-hydrogen) atoms. The van der Waals surface area contributed by atoms with Gasteiger partial charge in [0.1, 0.15) is 18.5 Å². The summed E-state index contributed by atoms with van der Waals surface area (Å²) in [6, 6.07) is 2.30. The van der Waals surface area contributed by atoms with E-state index in [0.717, 1.165) is 0 Å². The number of ether oxygens (including phenoxy) is 4. The van der Waals surface area contributed by atoms with E-state index in [1.807, 2.05) is 6.92 Å². The van der Waals surface area contributed by atoms with Crippen molar-refractivity contribution >= 4 is 18.1 Å². The molecule has 1 aliphatic carbocycles. The predicted octanol–water partition coefficient (Wildman–Crippen LogP) is 0.422. The average molecular weight is 533 g/mol. The maximum atomic E-state index is 13.6. The van der Waals surface area contributed by atoms with Crippen LogP contribution in [0.2, 0.25) is 0 Å². The molecular formula is C27H36N2O9. The van der Waals surface area contributed by atoms with E-state index in [-0.39, 0.29) is 30.5 Å². The molecule has 3 N–H and O–H groups in total. The van der Waals surface area contributed by atoms with Gasteiger partial charge in [0, 0.05) is 49.6 Å². The summed E-state index contributed by atoms with van der Waals surface area (Å²) in [5.41, 5.74) is 1.16. The number of benzene rings is 1. The monoisotopic (exact) mass is 532 g/mol. The molecule has 0 saturated carbocycles. The molecule has 11 heteroatoms. The van der Waals surface area contributed by atoms with Gasteiger partial charge in [-0.15, -0.1) is 0 Å². The van der Waals surface area contributed by atoms with E-state index in [0.29, 0.717) is 74.7 Å². The van der Waals surface area contributed by atoms with Crippen LogP contribution in [0.1, 0.15) is 41.6 Å². The van der Waals surface area contributed by atoms with Crippen molar-refractivity contribution in [2.24, 2.45) is 5.92 Å². The molecule has 0 radical (unpaired) electrons. The van der Waals surface area contributed by atoms with E-state index >= 15 is 0 Å². The van der Waals surface area contributed by atoms with Gasteiger partial charge < -0.3 is 39.4 Å². The van der Waals surface area contributed by atoms with Gasteiger partial charge in [-0.05, 0) is 38.0 Å². The molecule has 0 spiro atoms. The van der Waals surface area contributed by atoms with E-state index in [1.54, 1.807) is 17.0 Å². The fourth-order valence-electron chi connectivity index (χ4n) is 5.41.